The van der Waals surface area contributed by atoms with Crippen molar-refractivity contribution in [1.82, 2.24) is 9.97 Å². The summed E-state index contributed by atoms with van der Waals surface area (Å²) in [4.78, 5) is 23.4. The predicted molar refractivity (Wildman–Crippen MR) is 92.8 cm³/mol. The second kappa shape index (κ2) is 6.16. The molecule has 0 radical (unpaired) electrons. The van der Waals surface area contributed by atoms with Crippen LogP contribution in [0.3, 0.4) is 0 Å². The highest BCUT2D eigenvalue weighted by atomic mass is 16.2. The van der Waals surface area contributed by atoms with Gasteiger partial charge in [-0.15, -0.1) is 0 Å². The number of fused-ring (bicyclic) bond motifs is 1. The Morgan fingerprint density at radius 2 is 1.70 bits per heavy atom. The molecule has 3 rings (SSSR count). The Labute approximate surface area is 135 Å². The Bertz CT molecular complexity index is 853. The molecule has 0 bridgehead atoms. The molecule has 0 aliphatic rings. The molecule has 3 aromatic rings. The van der Waals surface area contributed by atoms with E-state index < -0.39 is 0 Å². The van der Waals surface area contributed by atoms with E-state index in [1.54, 1.807) is 11.1 Å². The number of benzene rings is 2. The van der Waals surface area contributed by atoms with E-state index in [4.69, 9.17) is 0 Å². The van der Waals surface area contributed by atoms with Gasteiger partial charge < -0.3 is 4.90 Å². The van der Waals surface area contributed by atoms with Gasteiger partial charge in [-0.2, -0.15) is 0 Å². The SMILES string of the molecule is CCN(C(=O)c1cnc2ccccc2n1)c1cc(C)cc(C)c1. The smallest absolute Gasteiger partial charge is 0.278 e. The molecule has 0 aliphatic carbocycles. The van der Waals surface area contributed by atoms with E-state index in [1.807, 2.05) is 57.2 Å². The zero-order valence-corrected chi connectivity index (χ0v) is 13.6. The Morgan fingerprint density at radius 1 is 1.04 bits per heavy atom. The second-order valence-corrected chi connectivity index (χ2v) is 5.64. The molecule has 2 aromatic carbocycles. The van der Waals surface area contributed by atoms with Crippen molar-refractivity contribution in [2.75, 3.05) is 11.4 Å². The van der Waals surface area contributed by atoms with Crippen LogP contribution in [0.2, 0.25) is 0 Å². The van der Waals surface area contributed by atoms with Crippen LogP contribution in [0.25, 0.3) is 11.0 Å². The Balaban J connectivity index is 2.01. The topological polar surface area (TPSA) is 46.1 Å². The number of carbonyl (C=O) groups is 1. The first-order valence-corrected chi connectivity index (χ1v) is 7.70. The van der Waals surface area contributed by atoms with Crippen molar-refractivity contribution < 1.29 is 4.79 Å². The fourth-order valence-corrected chi connectivity index (χ4v) is 2.75. The lowest BCUT2D eigenvalue weighted by atomic mass is 10.1. The minimum atomic E-state index is -0.129. The van der Waals surface area contributed by atoms with Crippen molar-refractivity contribution in [2.24, 2.45) is 0 Å². The molecule has 0 aliphatic heterocycles. The average Bonchev–Trinajstić information content (AvgIpc) is 2.54. The summed E-state index contributed by atoms with van der Waals surface area (Å²) in [5, 5.41) is 0. The van der Waals surface area contributed by atoms with Crippen molar-refractivity contribution in [3.8, 4) is 0 Å². The van der Waals surface area contributed by atoms with Crippen LogP contribution in [0.15, 0.2) is 48.7 Å². The van der Waals surface area contributed by atoms with E-state index in [9.17, 15) is 4.79 Å². The summed E-state index contributed by atoms with van der Waals surface area (Å²) in [6.07, 6.45) is 1.55. The van der Waals surface area contributed by atoms with Crippen LogP contribution in [0, 0.1) is 13.8 Å². The highest BCUT2D eigenvalue weighted by Crippen LogP contribution is 2.21. The van der Waals surface area contributed by atoms with Gasteiger partial charge in [0, 0.05) is 12.2 Å². The molecular weight excluding hydrogens is 286 g/mol. The number of aryl methyl sites for hydroxylation is 2. The summed E-state index contributed by atoms with van der Waals surface area (Å²) in [7, 11) is 0. The molecule has 23 heavy (non-hydrogen) atoms. The van der Waals surface area contributed by atoms with E-state index in [-0.39, 0.29) is 5.91 Å². The third-order valence-electron chi connectivity index (χ3n) is 3.75. The van der Waals surface area contributed by atoms with Gasteiger partial charge in [0.2, 0.25) is 0 Å². The molecule has 1 aromatic heterocycles. The lowest BCUT2D eigenvalue weighted by Gasteiger charge is -2.21. The van der Waals surface area contributed by atoms with Crippen LogP contribution in [0.5, 0.6) is 0 Å². The lowest BCUT2D eigenvalue weighted by molar-refractivity contribution is 0.0983. The summed E-state index contributed by atoms with van der Waals surface area (Å²) in [6.45, 7) is 6.61. The number of hydrogen-bond donors (Lipinski definition) is 0. The number of aromatic nitrogens is 2. The molecule has 0 N–H and O–H groups in total. The second-order valence-electron chi connectivity index (χ2n) is 5.64. The number of nitrogens with zero attached hydrogens (tertiary/aromatic N) is 3. The Kier molecular flexibility index (Phi) is 4.06. The highest BCUT2D eigenvalue weighted by molar-refractivity contribution is 6.05. The molecule has 4 nitrogen and oxygen atoms in total. The molecule has 0 atom stereocenters. The zero-order valence-electron chi connectivity index (χ0n) is 13.6. The number of hydrogen-bond acceptors (Lipinski definition) is 3. The van der Waals surface area contributed by atoms with E-state index in [2.05, 4.69) is 16.0 Å². The largest absolute Gasteiger partial charge is 0.307 e. The summed E-state index contributed by atoms with van der Waals surface area (Å²) < 4.78 is 0. The molecule has 0 fully saturated rings. The Morgan fingerprint density at radius 3 is 2.35 bits per heavy atom. The van der Waals surface area contributed by atoms with Crippen LogP contribution in [-0.2, 0) is 0 Å². The van der Waals surface area contributed by atoms with Gasteiger partial charge in [-0.05, 0) is 56.2 Å². The standard InChI is InChI=1S/C19H19N3O/c1-4-22(15-10-13(2)9-14(3)11-15)19(23)18-12-20-16-7-5-6-8-17(16)21-18/h5-12H,4H2,1-3H3. The van der Waals surface area contributed by atoms with Gasteiger partial charge >= 0.3 is 0 Å². The van der Waals surface area contributed by atoms with Crippen molar-refractivity contribution in [2.45, 2.75) is 20.8 Å². The number of anilines is 1. The van der Waals surface area contributed by atoms with Crippen LogP contribution in [0.1, 0.15) is 28.5 Å². The minimum absolute atomic E-state index is 0.129. The van der Waals surface area contributed by atoms with E-state index in [0.717, 1.165) is 27.8 Å². The highest BCUT2D eigenvalue weighted by Gasteiger charge is 2.18. The maximum absolute atomic E-state index is 12.9. The fourth-order valence-electron chi connectivity index (χ4n) is 2.75. The lowest BCUT2D eigenvalue weighted by Crippen LogP contribution is -2.31. The maximum Gasteiger partial charge on any atom is 0.278 e. The molecular formula is C19H19N3O. The predicted octanol–water partition coefficient (Wildman–Crippen LogP) is 3.91. The van der Waals surface area contributed by atoms with E-state index in [0.29, 0.717) is 12.2 Å². The Hall–Kier alpha value is -2.75. The van der Waals surface area contributed by atoms with Crippen LogP contribution in [-0.4, -0.2) is 22.4 Å². The van der Waals surface area contributed by atoms with E-state index >= 15 is 0 Å². The minimum Gasteiger partial charge on any atom is -0.307 e. The first kappa shape index (κ1) is 15.2. The fraction of sp³-hybridized carbons (Fsp3) is 0.211. The molecule has 4 heteroatoms. The van der Waals surface area contributed by atoms with E-state index in [1.165, 1.54) is 0 Å². The molecule has 116 valence electrons. The molecule has 1 amide bonds. The van der Waals surface area contributed by atoms with Gasteiger partial charge in [-0.3, -0.25) is 9.78 Å². The quantitative estimate of drug-likeness (QED) is 0.737. The average molecular weight is 305 g/mol. The van der Waals surface area contributed by atoms with Gasteiger partial charge in [0.1, 0.15) is 5.69 Å². The van der Waals surface area contributed by atoms with Gasteiger partial charge in [-0.25, -0.2) is 4.98 Å². The van der Waals surface area contributed by atoms with Gasteiger partial charge in [0.25, 0.3) is 5.91 Å². The third kappa shape index (κ3) is 3.06. The molecule has 0 unspecified atom stereocenters. The monoisotopic (exact) mass is 305 g/mol. The van der Waals surface area contributed by atoms with Crippen LogP contribution in [0.4, 0.5) is 5.69 Å². The molecule has 0 saturated heterocycles. The van der Waals surface area contributed by atoms with Crippen molar-refractivity contribution in [3.63, 3.8) is 0 Å². The zero-order chi connectivity index (χ0) is 16.4. The summed E-state index contributed by atoms with van der Waals surface area (Å²) >= 11 is 0. The van der Waals surface area contributed by atoms with Gasteiger partial charge in [0.15, 0.2) is 0 Å². The number of rotatable bonds is 3. The van der Waals surface area contributed by atoms with Crippen LogP contribution >= 0.6 is 0 Å². The van der Waals surface area contributed by atoms with Crippen LogP contribution < -0.4 is 4.90 Å². The summed E-state index contributed by atoms with van der Waals surface area (Å²) in [6, 6.07) is 13.7. The van der Waals surface area contributed by atoms with Gasteiger partial charge in [0.05, 0.1) is 17.2 Å². The first-order valence-electron chi connectivity index (χ1n) is 7.70. The number of para-hydroxylation sites is 2. The van der Waals surface area contributed by atoms with Crippen molar-refractivity contribution in [3.05, 3.63) is 65.5 Å². The number of carbonyl (C=O) groups excluding carboxylic acids is 1. The molecule has 1 heterocycles. The van der Waals surface area contributed by atoms with Crippen molar-refractivity contribution in [1.29, 1.82) is 0 Å². The normalized spacial score (nSPS) is 10.7. The summed E-state index contributed by atoms with van der Waals surface area (Å²) in [5.41, 5.74) is 5.05. The van der Waals surface area contributed by atoms with Crippen molar-refractivity contribution >= 4 is 22.6 Å². The summed E-state index contributed by atoms with van der Waals surface area (Å²) in [5.74, 6) is -0.129. The first-order chi connectivity index (χ1) is 11.1. The maximum atomic E-state index is 12.9. The molecule has 0 spiro atoms. The molecule has 0 saturated carbocycles. The van der Waals surface area contributed by atoms with Gasteiger partial charge in [-0.1, -0.05) is 18.2 Å². The number of amides is 1. The third-order valence-corrected chi connectivity index (χ3v) is 3.75.